The van der Waals surface area contributed by atoms with Crippen LogP contribution in [-0.2, 0) is 0 Å². The average molecular weight is 370 g/mol. The fourth-order valence-electron chi connectivity index (χ4n) is 3.60. The zero-order chi connectivity index (χ0) is 18.1. The average Bonchev–Trinajstić information content (AvgIpc) is 2.92. The number of hydrogen-bond donors (Lipinski definition) is 0. The number of amides is 2. The van der Waals surface area contributed by atoms with Gasteiger partial charge in [0.05, 0.1) is 21.8 Å². The van der Waals surface area contributed by atoms with Crippen LogP contribution in [0.1, 0.15) is 20.7 Å². The number of halogens is 1. The van der Waals surface area contributed by atoms with Crippen LogP contribution in [0.15, 0.2) is 48.5 Å². The Morgan fingerprint density at radius 1 is 0.769 bits per heavy atom. The molecule has 0 spiro atoms. The van der Waals surface area contributed by atoms with Crippen LogP contribution >= 0.6 is 11.6 Å². The van der Waals surface area contributed by atoms with Crippen molar-refractivity contribution in [3.05, 3.63) is 64.7 Å². The van der Waals surface area contributed by atoms with E-state index in [1.54, 1.807) is 24.3 Å². The van der Waals surface area contributed by atoms with Crippen LogP contribution in [0.3, 0.4) is 0 Å². The maximum atomic E-state index is 12.4. The normalized spacial score (nSPS) is 17.7. The van der Waals surface area contributed by atoms with E-state index >= 15 is 0 Å². The molecule has 2 aromatic rings. The van der Waals surface area contributed by atoms with E-state index in [0.717, 1.165) is 36.9 Å². The fourth-order valence-corrected chi connectivity index (χ4v) is 3.86. The van der Waals surface area contributed by atoms with Gasteiger partial charge in [-0.25, -0.2) is 0 Å². The Bertz CT molecular complexity index is 811. The van der Waals surface area contributed by atoms with Gasteiger partial charge in [0.25, 0.3) is 11.8 Å². The molecule has 2 amide bonds. The minimum atomic E-state index is -0.180. The summed E-state index contributed by atoms with van der Waals surface area (Å²) in [4.78, 5) is 30.8. The number of piperazine rings is 1. The molecule has 6 heteroatoms. The third-order valence-electron chi connectivity index (χ3n) is 5.08. The first kappa shape index (κ1) is 17.1. The molecule has 0 aliphatic carbocycles. The zero-order valence-corrected chi connectivity index (χ0v) is 15.2. The summed E-state index contributed by atoms with van der Waals surface area (Å²) in [5, 5.41) is 0.770. The van der Waals surface area contributed by atoms with Gasteiger partial charge in [-0.05, 0) is 24.3 Å². The molecule has 2 heterocycles. The van der Waals surface area contributed by atoms with Crippen LogP contribution in [0.2, 0.25) is 5.02 Å². The van der Waals surface area contributed by atoms with Gasteiger partial charge in [-0.2, -0.15) is 0 Å². The molecule has 5 nitrogen and oxygen atoms in total. The molecular formula is C20H20ClN3O2. The van der Waals surface area contributed by atoms with Crippen LogP contribution in [0, 0.1) is 0 Å². The lowest BCUT2D eigenvalue weighted by atomic mass is 10.1. The van der Waals surface area contributed by atoms with Crippen molar-refractivity contribution < 1.29 is 9.59 Å². The molecule has 2 aliphatic heterocycles. The number of benzene rings is 2. The lowest BCUT2D eigenvalue weighted by Gasteiger charge is -2.36. The molecule has 0 unspecified atom stereocenters. The van der Waals surface area contributed by atoms with Gasteiger partial charge in [0, 0.05) is 39.3 Å². The van der Waals surface area contributed by atoms with Crippen molar-refractivity contribution in [2.24, 2.45) is 0 Å². The Morgan fingerprint density at radius 2 is 1.35 bits per heavy atom. The number of nitrogens with zero attached hydrogens (tertiary/aromatic N) is 3. The Hall–Kier alpha value is -2.37. The molecule has 134 valence electrons. The van der Waals surface area contributed by atoms with E-state index < -0.39 is 0 Å². The van der Waals surface area contributed by atoms with Gasteiger partial charge < -0.3 is 4.90 Å². The van der Waals surface area contributed by atoms with Gasteiger partial charge in [0.2, 0.25) is 0 Å². The molecule has 0 atom stereocenters. The van der Waals surface area contributed by atoms with Crippen molar-refractivity contribution in [2.45, 2.75) is 0 Å². The summed E-state index contributed by atoms with van der Waals surface area (Å²) in [5.74, 6) is -0.361. The topological polar surface area (TPSA) is 43.9 Å². The van der Waals surface area contributed by atoms with Gasteiger partial charge >= 0.3 is 0 Å². The van der Waals surface area contributed by atoms with Crippen molar-refractivity contribution in [1.29, 1.82) is 0 Å². The Balaban J connectivity index is 1.33. The third kappa shape index (κ3) is 3.08. The van der Waals surface area contributed by atoms with Crippen molar-refractivity contribution in [3.63, 3.8) is 0 Å². The van der Waals surface area contributed by atoms with Crippen molar-refractivity contribution in [1.82, 2.24) is 9.80 Å². The van der Waals surface area contributed by atoms with Gasteiger partial charge in [-0.1, -0.05) is 35.9 Å². The molecule has 4 rings (SSSR count). The van der Waals surface area contributed by atoms with Gasteiger partial charge in [0.1, 0.15) is 0 Å². The number of carbonyl (C=O) groups is 2. The Labute approximate surface area is 157 Å². The van der Waals surface area contributed by atoms with E-state index in [4.69, 9.17) is 11.6 Å². The molecule has 0 saturated carbocycles. The number of rotatable bonds is 4. The Morgan fingerprint density at radius 3 is 1.96 bits per heavy atom. The lowest BCUT2D eigenvalue weighted by molar-refractivity contribution is 0.0635. The largest absolute Gasteiger partial charge is 0.368 e. The van der Waals surface area contributed by atoms with Gasteiger partial charge in [0.15, 0.2) is 0 Å². The Kier molecular flexibility index (Phi) is 4.66. The summed E-state index contributed by atoms with van der Waals surface area (Å²) >= 11 is 6.28. The van der Waals surface area contributed by atoms with E-state index in [0.29, 0.717) is 24.2 Å². The highest BCUT2D eigenvalue weighted by Crippen LogP contribution is 2.26. The zero-order valence-electron chi connectivity index (χ0n) is 14.4. The van der Waals surface area contributed by atoms with Crippen LogP contribution in [0.5, 0.6) is 0 Å². The second-order valence-corrected chi connectivity index (χ2v) is 6.99. The number of hydrogen-bond acceptors (Lipinski definition) is 4. The van der Waals surface area contributed by atoms with Crippen LogP contribution in [0.25, 0.3) is 0 Å². The molecule has 0 N–H and O–H groups in total. The summed E-state index contributed by atoms with van der Waals surface area (Å²) in [6, 6.07) is 14.9. The standard InChI is InChI=1S/C20H20ClN3O2/c21-17-7-3-4-8-18(17)23-12-9-22(10-13-23)11-14-24-19(25)15-5-1-2-6-16(15)20(24)26/h1-8H,9-14H2. The minimum absolute atomic E-state index is 0.180. The third-order valence-corrected chi connectivity index (χ3v) is 5.40. The molecular weight excluding hydrogens is 350 g/mol. The number of imide groups is 1. The van der Waals surface area contributed by atoms with Crippen molar-refractivity contribution in [3.8, 4) is 0 Å². The number of carbonyl (C=O) groups excluding carboxylic acids is 2. The quantitative estimate of drug-likeness (QED) is 0.777. The summed E-state index contributed by atoms with van der Waals surface area (Å²) in [6.45, 7) is 4.65. The SMILES string of the molecule is O=C1c2ccccc2C(=O)N1CCN1CCN(c2ccccc2Cl)CC1. The second-order valence-electron chi connectivity index (χ2n) is 6.59. The lowest BCUT2D eigenvalue weighted by Crippen LogP contribution is -2.49. The van der Waals surface area contributed by atoms with Crippen LogP contribution < -0.4 is 4.90 Å². The highest BCUT2D eigenvalue weighted by atomic mass is 35.5. The number of para-hydroxylation sites is 1. The first-order valence-corrected chi connectivity index (χ1v) is 9.20. The molecule has 26 heavy (non-hydrogen) atoms. The van der Waals surface area contributed by atoms with Crippen LogP contribution in [0.4, 0.5) is 5.69 Å². The maximum absolute atomic E-state index is 12.4. The van der Waals surface area contributed by atoms with E-state index in [9.17, 15) is 9.59 Å². The number of fused-ring (bicyclic) bond motifs is 1. The van der Waals surface area contributed by atoms with E-state index in [-0.39, 0.29) is 11.8 Å². The van der Waals surface area contributed by atoms with Crippen molar-refractivity contribution >= 4 is 29.1 Å². The van der Waals surface area contributed by atoms with E-state index in [1.807, 2.05) is 24.3 Å². The molecule has 1 fully saturated rings. The van der Waals surface area contributed by atoms with Crippen LogP contribution in [-0.4, -0.2) is 60.9 Å². The fraction of sp³-hybridized carbons (Fsp3) is 0.300. The first-order valence-electron chi connectivity index (χ1n) is 8.82. The van der Waals surface area contributed by atoms with Crippen molar-refractivity contribution in [2.75, 3.05) is 44.2 Å². The minimum Gasteiger partial charge on any atom is -0.368 e. The van der Waals surface area contributed by atoms with E-state index in [1.165, 1.54) is 4.90 Å². The maximum Gasteiger partial charge on any atom is 0.261 e. The monoisotopic (exact) mass is 369 g/mol. The number of anilines is 1. The summed E-state index contributed by atoms with van der Waals surface area (Å²) in [7, 11) is 0. The predicted molar refractivity (Wildman–Crippen MR) is 102 cm³/mol. The first-order chi connectivity index (χ1) is 12.6. The second kappa shape index (κ2) is 7.09. The molecule has 0 aromatic heterocycles. The summed E-state index contributed by atoms with van der Waals surface area (Å²) in [6.07, 6.45) is 0. The molecule has 0 bridgehead atoms. The highest BCUT2D eigenvalue weighted by molar-refractivity contribution is 6.33. The molecule has 1 saturated heterocycles. The van der Waals surface area contributed by atoms with Gasteiger partial charge in [-0.3, -0.25) is 19.4 Å². The highest BCUT2D eigenvalue weighted by Gasteiger charge is 2.35. The summed E-state index contributed by atoms with van der Waals surface area (Å²) < 4.78 is 0. The smallest absolute Gasteiger partial charge is 0.261 e. The molecule has 2 aliphatic rings. The molecule has 2 aromatic carbocycles. The molecule has 0 radical (unpaired) electrons. The van der Waals surface area contributed by atoms with E-state index in [2.05, 4.69) is 9.80 Å². The van der Waals surface area contributed by atoms with Gasteiger partial charge in [-0.15, -0.1) is 0 Å². The summed E-state index contributed by atoms with van der Waals surface area (Å²) in [5.41, 5.74) is 2.09. The predicted octanol–water partition coefficient (Wildman–Crippen LogP) is 2.76.